The van der Waals surface area contributed by atoms with Crippen molar-refractivity contribution in [2.45, 2.75) is 96.4 Å². The van der Waals surface area contributed by atoms with Crippen LogP contribution in [-0.2, 0) is 20.0 Å². The minimum absolute atomic E-state index is 0.0739. The number of carbonyl (C=O) groups is 1. The lowest BCUT2D eigenvalue weighted by molar-refractivity contribution is -0.462. The molecule has 1 unspecified atom stereocenters. The van der Waals surface area contributed by atoms with Gasteiger partial charge in [-0.2, -0.15) is 0 Å². The highest BCUT2D eigenvalue weighted by atomic mass is 17.3. The number of carbonyl (C=O) groups excluding carboxylic acids is 1. The van der Waals surface area contributed by atoms with E-state index in [-0.39, 0.29) is 11.6 Å². The van der Waals surface area contributed by atoms with Crippen LogP contribution in [0.2, 0.25) is 0 Å². The van der Waals surface area contributed by atoms with Gasteiger partial charge in [0.2, 0.25) is 6.41 Å². The van der Waals surface area contributed by atoms with Crippen molar-refractivity contribution in [2.75, 3.05) is 0 Å². The number of hydroxylamine groups is 4. The second-order valence-corrected chi connectivity index (χ2v) is 9.33. The quantitative estimate of drug-likeness (QED) is 0.464. The van der Waals surface area contributed by atoms with Crippen LogP contribution >= 0.6 is 0 Å². The summed E-state index contributed by atoms with van der Waals surface area (Å²) in [5.74, 6) is 0. The predicted octanol–water partition coefficient (Wildman–Crippen LogP) is 2.19. The third-order valence-corrected chi connectivity index (χ3v) is 5.52. The summed E-state index contributed by atoms with van der Waals surface area (Å²) in [5.41, 5.74) is -1.45. The monoisotopic (exact) mass is 355 g/mol. The molecule has 0 aromatic rings. The third kappa shape index (κ3) is 3.40. The van der Waals surface area contributed by atoms with Gasteiger partial charge in [-0.1, -0.05) is 10.1 Å². The van der Waals surface area contributed by atoms with E-state index in [1.165, 1.54) is 0 Å². The van der Waals surface area contributed by atoms with Crippen molar-refractivity contribution in [3.05, 3.63) is 0 Å². The fraction of sp³-hybridized carbons (Fsp3) is 0.882. The number of nitrogens with one attached hydrogen (secondary N) is 1. The van der Waals surface area contributed by atoms with Gasteiger partial charge in [-0.25, -0.2) is 4.99 Å². The highest BCUT2D eigenvalue weighted by Crippen LogP contribution is 2.41. The van der Waals surface area contributed by atoms with Crippen molar-refractivity contribution in [3.8, 4) is 0 Å². The molecule has 2 aliphatic heterocycles. The Morgan fingerprint density at radius 3 is 2.20 bits per heavy atom. The van der Waals surface area contributed by atoms with Crippen LogP contribution in [0.3, 0.4) is 0 Å². The van der Waals surface area contributed by atoms with Crippen LogP contribution in [0.4, 0.5) is 0 Å². The normalized spacial score (nSPS) is 32.0. The Hall–Kier alpha value is -1.22. The molecule has 1 amide bonds. The highest BCUT2D eigenvalue weighted by molar-refractivity contribution is 5.95. The maximum Gasteiger partial charge on any atom is 0.207 e. The maximum absolute atomic E-state index is 12.4. The number of hydrogen-bond donors (Lipinski definition) is 1. The SMILES string of the molecule is CC1(C)CC(=NOON2C(C)(C)CC(NC=O)C2(C)C)C(C)(C)N1[O]. The van der Waals surface area contributed by atoms with Gasteiger partial charge in [-0.05, 0) is 61.8 Å². The molecule has 0 saturated carbocycles. The van der Waals surface area contributed by atoms with Crippen molar-refractivity contribution in [2.24, 2.45) is 5.16 Å². The van der Waals surface area contributed by atoms with Gasteiger partial charge < -0.3 is 5.32 Å². The number of amides is 1. The van der Waals surface area contributed by atoms with Crippen LogP contribution in [-0.4, -0.2) is 50.4 Å². The summed E-state index contributed by atoms with van der Waals surface area (Å²) >= 11 is 0. The first-order chi connectivity index (χ1) is 11.3. The molecule has 2 aliphatic rings. The zero-order chi connectivity index (χ0) is 19.3. The Morgan fingerprint density at radius 1 is 1.12 bits per heavy atom. The Morgan fingerprint density at radius 2 is 1.72 bits per heavy atom. The van der Waals surface area contributed by atoms with Gasteiger partial charge in [-0.15, -0.1) is 15.3 Å². The van der Waals surface area contributed by atoms with Crippen molar-refractivity contribution in [1.82, 2.24) is 15.4 Å². The fourth-order valence-corrected chi connectivity index (χ4v) is 4.11. The summed E-state index contributed by atoms with van der Waals surface area (Å²) in [4.78, 5) is 21.6. The molecule has 1 radical (unpaired) electrons. The smallest absolute Gasteiger partial charge is 0.207 e. The Balaban J connectivity index is 2.12. The summed E-state index contributed by atoms with van der Waals surface area (Å²) in [5, 5.41) is 22.1. The number of rotatable bonds is 5. The summed E-state index contributed by atoms with van der Waals surface area (Å²) in [6.45, 7) is 15.4. The van der Waals surface area contributed by atoms with E-state index in [2.05, 4.69) is 10.5 Å². The minimum atomic E-state index is -0.746. The van der Waals surface area contributed by atoms with Crippen LogP contribution in [0.25, 0.3) is 0 Å². The summed E-state index contributed by atoms with van der Waals surface area (Å²) < 4.78 is 0. The molecule has 0 bridgehead atoms. The van der Waals surface area contributed by atoms with Gasteiger partial charge in [-0.3, -0.25) is 4.79 Å². The van der Waals surface area contributed by atoms with E-state index in [4.69, 9.17) is 9.98 Å². The molecule has 143 valence electrons. The summed E-state index contributed by atoms with van der Waals surface area (Å²) in [6.07, 6.45) is 1.93. The molecule has 0 aromatic carbocycles. The lowest BCUT2D eigenvalue weighted by atomic mass is 9.95. The molecule has 0 aromatic heterocycles. The second-order valence-electron chi connectivity index (χ2n) is 9.33. The summed E-state index contributed by atoms with van der Waals surface area (Å²) in [6, 6.07) is -0.0739. The van der Waals surface area contributed by atoms with E-state index in [9.17, 15) is 10.0 Å². The highest BCUT2D eigenvalue weighted by Gasteiger charge is 2.54. The number of hydrogen-bond acceptors (Lipinski definition) is 6. The average molecular weight is 355 g/mol. The average Bonchev–Trinajstić information content (AvgIpc) is 2.73. The zero-order valence-electron chi connectivity index (χ0n) is 16.5. The zero-order valence-corrected chi connectivity index (χ0v) is 16.5. The molecule has 8 nitrogen and oxygen atoms in total. The molecule has 2 heterocycles. The van der Waals surface area contributed by atoms with Crippen LogP contribution in [0.15, 0.2) is 5.16 Å². The molecule has 2 rings (SSSR count). The van der Waals surface area contributed by atoms with E-state index in [0.717, 1.165) is 5.06 Å². The maximum atomic E-state index is 12.4. The molecule has 0 aliphatic carbocycles. The van der Waals surface area contributed by atoms with Gasteiger partial charge in [0.05, 0.1) is 28.4 Å². The topological polar surface area (TPSA) is 86.3 Å². The standard InChI is InChI=1S/C17H31N4O4/c1-14(2)10-13(16(5,6)20(14)23)19-24-25-21-15(3,4)9-12(18-11-22)17(21,7)8/h11-12H,9-10H2,1-8H3,(H,18,22). The second kappa shape index (κ2) is 6.19. The lowest BCUT2D eigenvalue weighted by Gasteiger charge is -2.37. The van der Waals surface area contributed by atoms with Crippen molar-refractivity contribution >= 4 is 12.1 Å². The third-order valence-electron chi connectivity index (χ3n) is 5.52. The van der Waals surface area contributed by atoms with Crippen LogP contribution < -0.4 is 5.32 Å². The fourth-order valence-electron chi connectivity index (χ4n) is 4.11. The molecule has 8 heteroatoms. The summed E-state index contributed by atoms with van der Waals surface area (Å²) in [7, 11) is 0. The molecule has 0 spiro atoms. The molecule has 1 atom stereocenters. The Bertz CT molecular complexity index is 557. The number of oxime groups is 1. The molecule has 2 fully saturated rings. The van der Waals surface area contributed by atoms with Gasteiger partial charge in [0, 0.05) is 12.0 Å². The van der Waals surface area contributed by atoms with Gasteiger partial charge >= 0.3 is 0 Å². The van der Waals surface area contributed by atoms with E-state index < -0.39 is 16.6 Å². The molecular formula is C17H31N4O4. The van der Waals surface area contributed by atoms with Gasteiger partial charge in [0.25, 0.3) is 0 Å². The van der Waals surface area contributed by atoms with Gasteiger partial charge in [0.1, 0.15) is 0 Å². The van der Waals surface area contributed by atoms with Crippen LogP contribution in [0, 0.1) is 0 Å². The molecule has 1 N–H and O–H groups in total. The largest absolute Gasteiger partial charge is 0.354 e. The van der Waals surface area contributed by atoms with E-state index in [0.29, 0.717) is 25.0 Å². The van der Waals surface area contributed by atoms with Crippen LogP contribution in [0.5, 0.6) is 0 Å². The van der Waals surface area contributed by atoms with Crippen molar-refractivity contribution < 1.29 is 20.0 Å². The van der Waals surface area contributed by atoms with E-state index >= 15 is 0 Å². The predicted molar refractivity (Wildman–Crippen MR) is 92.5 cm³/mol. The first kappa shape index (κ1) is 20.1. The van der Waals surface area contributed by atoms with Gasteiger partial charge in [0.15, 0.2) is 0 Å². The first-order valence-corrected chi connectivity index (χ1v) is 8.65. The van der Waals surface area contributed by atoms with E-state index in [1.54, 1.807) is 5.06 Å². The Labute approximate surface area is 150 Å². The van der Waals surface area contributed by atoms with Crippen LogP contribution in [0.1, 0.15) is 68.2 Å². The van der Waals surface area contributed by atoms with Crippen molar-refractivity contribution in [1.29, 1.82) is 0 Å². The molecular weight excluding hydrogens is 324 g/mol. The molecule has 25 heavy (non-hydrogen) atoms. The number of nitrogens with zero attached hydrogens (tertiary/aromatic N) is 3. The Kier molecular flexibility index (Phi) is 4.98. The first-order valence-electron chi connectivity index (χ1n) is 8.65. The lowest BCUT2D eigenvalue weighted by Crippen LogP contribution is -2.53. The van der Waals surface area contributed by atoms with E-state index in [1.807, 2.05) is 55.4 Å². The minimum Gasteiger partial charge on any atom is -0.354 e. The molecule has 2 saturated heterocycles. The van der Waals surface area contributed by atoms with Crippen molar-refractivity contribution in [3.63, 3.8) is 0 Å².